The summed E-state index contributed by atoms with van der Waals surface area (Å²) in [6.45, 7) is 11.6. The number of urea groups is 1. The standard InChI is InChI=1S/C33H41FN6O3S/c1-32(2,3)24-9-7-23(8-10-24)22-40-18-13-33(43-28-25(34)5-4-6-26(28)40)11-16-39(17-12-33)31-37-21-27(44-31)29(41)35-14-19-38-20-15-36-30(38)42/h4-10,21H,11-20,22H2,1-3H3,(H,35,41)(H,36,42). The van der Waals surface area contributed by atoms with E-state index in [9.17, 15) is 9.59 Å². The van der Waals surface area contributed by atoms with Crippen molar-refractivity contribution in [2.75, 3.05) is 55.6 Å². The van der Waals surface area contributed by atoms with Gasteiger partial charge in [-0.2, -0.15) is 0 Å². The molecule has 0 bridgehead atoms. The van der Waals surface area contributed by atoms with Crippen LogP contribution in [-0.2, 0) is 12.0 Å². The van der Waals surface area contributed by atoms with Crippen LogP contribution in [0, 0.1) is 5.82 Å². The number of para-hydroxylation sites is 1. The van der Waals surface area contributed by atoms with E-state index in [0.717, 1.165) is 36.6 Å². The summed E-state index contributed by atoms with van der Waals surface area (Å²) in [7, 11) is 0. The average molecular weight is 621 g/mol. The van der Waals surface area contributed by atoms with Crippen molar-refractivity contribution in [1.29, 1.82) is 0 Å². The number of ether oxygens (including phenoxy) is 1. The first-order chi connectivity index (χ1) is 21.1. The Kier molecular flexibility index (Phi) is 8.41. The molecule has 0 atom stereocenters. The molecule has 0 saturated carbocycles. The Hall–Kier alpha value is -3.86. The van der Waals surface area contributed by atoms with Crippen molar-refractivity contribution in [2.24, 2.45) is 0 Å². The monoisotopic (exact) mass is 620 g/mol. The van der Waals surface area contributed by atoms with Crippen LogP contribution >= 0.6 is 11.3 Å². The summed E-state index contributed by atoms with van der Waals surface area (Å²) in [5.74, 6) is -0.182. The van der Waals surface area contributed by atoms with Gasteiger partial charge >= 0.3 is 6.03 Å². The Morgan fingerprint density at radius 1 is 1.07 bits per heavy atom. The molecule has 0 aliphatic carbocycles. The first-order valence-corrected chi connectivity index (χ1v) is 16.3. The highest BCUT2D eigenvalue weighted by Gasteiger charge is 2.41. The molecule has 1 spiro atoms. The SMILES string of the molecule is CC(C)(C)c1ccc(CN2CCC3(CCN(c4ncc(C(=O)NCCN5CCNC5=O)s4)CC3)Oc3c(F)cccc32)cc1. The van der Waals surface area contributed by atoms with Crippen molar-refractivity contribution < 1.29 is 18.7 Å². The smallest absolute Gasteiger partial charge is 0.317 e. The second-order valence-electron chi connectivity index (χ2n) is 13.0. The van der Waals surface area contributed by atoms with Gasteiger partial charge in [0.05, 0.1) is 11.9 Å². The second kappa shape index (κ2) is 12.3. The van der Waals surface area contributed by atoms with E-state index in [4.69, 9.17) is 4.74 Å². The zero-order chi connectivity index (χ0) is 30.9. The molecule has 2 aromatic carbocycles. The minimum atomic E-state index is -0.475. The van der Waals surface area contributed by atoms with Gasteiger partial charge in [0, 0.05) is 71.6 Å². The summed E-state index contributed by atoms with van der Waals surface area (Å²) < 4.78 is 21.9. The van der Waals surface area contributed by atoms with Gasteiger partial charge in [0.1, 0.15) is 10.5 Å². The zero-order valence-electron chi connectivity index (χ0n) is 25.7. The quantitative estimate of drug-likeness (QED) is 0.379. The summed E-state index contributed by atoms with van der Waals surface area (Å²) in [6.07, 6.45) is 3.86. The van der Waals surface area contributed by atoms with Gasteiger partial charge in [-0.1, -0.05) is 62.4 Å². The fraction of sp³-hybridized carbons (Fsp3) is 0.485. The molecule has 2 saturated heterocycles. The van der Waals surface area contributed by atoms with Crippen LogP contribution in [0.1, 0.15) is 60.8 Å². The van der Waals surface area contributed by atoms with E-state index in [-0.39, 0.29) is 23.2 Å². The van der Waals surface area contributed by atoms with Crippen LogP contribution < -0.4 is 25.2 Å². The van der Waals surface area contributed by atoms with Crippen LogP contribution in [-0.4, -0.2) is 73.2 Å². The molecule has 6 rings (SSSR count). The minimum absolute atomic E-state index is 0.0897. The lowest BCUT2D eigenvalue weighted by atomic mass is 9.86. The molecule has 4 heterocycles. The van der Waals surface area contributed by atoms with Gasteiger partial charge < -0.3 is 30.1 Å². The van der Waals surface area contributed by atoms with Crippen LogP contribution in [0.15, 0.2) is 48.7 Å². The molecule has 3 amide bonds. The van der Waals surface area contributed by atoms with Gasteiger partial charge in [-0.25, -0.2) is 14.2 Å². The van der Waals surface area contributed by atoms with Gasteiger partial charge in [0.2, 0.25) is 0 Å². The van der Waals surface area contributed by atoms with Crippen LogP contribution in [0.5, 0.6) is 5.75 Å². The number of benzene rings is 2. The minimum Gasteiger partial charge on any atom is -0.482 e. The Morgan fingerprint density at radius 2 is 1.82 bits per heavy atom. The van der Waals surface area contributed by atoms with Gasteiger partial charge in [-0.15, -0.1) is 0 Å². The first-order valence-electron chi connectivity index (χ1n) is 15.4. The number of anilines is 2. The highest BCUT2D eigenvalue weighted by molar-refractivity contribution is 7.17. The number of hydrogen-bond acceptors (Lipinski definition) is 7. The number of carbonyl (C=O) groups excluding carboxylic acids is 2. The molecule has 2 N–H and O–H groups in total. The maximum atomic E-state index is 15.3. The Balaban J connectivity index is 1.09. The van der Waals surface area contributed by atoms with Crippen molar-refractivity contribution in [1.82, 2.24) is 20.5 Å². The van der Waals surface area contributed by atoms with Gasteiger partial charge in [0.25, 0.3) is 5.91 Å². The molecule has 11 heteroatoms. The zero-order valence-corrected chi connectivity index (χ0v) is 26.5. The molecule has 9 nitrogen and oxygen atoms in total. The highest BCUT2D eigenvalue weighted by atomic mass is 32.1. The number of thiazole rings is 1. The number of aromatic nitrogens is 1. The predicted octanol–water partition coefficient (Wildman–Crippen LogP) is 5.16. The van der Waals surface area contributed by atoms with E-state index in [1.165, 1.54) is 28.5 Å². The maximum absolute atomic E-state index is 15.3. The van der Waals surface area contributed by atoms with E-state index >= 15 is 4.39 Å². The molecule has 44 heavy (non-hydrogen) atoms. The van der Waals surface area contributed by atoms with Gasteiger partial charge in [-0.3, -0.25) is 4.79 Å². The van der Waals surface area contributed by atoms with Gasteiger partial charge in [-0.05, 0) is 28.7 Å². The van der Waals surface area contributed by atoms with Crippen LogP contribution in [0.2, 0.25) is 0 Å². The average Bonchev–Trinajstić information content (AvgIpc) is 3.63. The summed E-state index contributed by atoms with van der Waals surface area (Å²) in [6, 6.07) is 13.8. The van der Waals surface area contributed by atoms with Crippen LogP contribution in [0.3, 0.4) is 0 Å². The molecule has 3 aliphatic rings. The number of nitrogens with zero attached hydrogens (tertiary/aromatic N) is 4. The summed E-state index contributed by atoms with van der Waals surface area (Å²) in [4.78, 5) is 35.6. The van der Waals surface area contributed by atoms with E-state index in [1.807, 2.05) is 6.07 Å². The van der Waals surface area contributed by atoms with Crippen LogP contribution in [0.4, 0.5) is 20.0 Å². The summed E-state index contributed by atoms with van der Waals surface area (Å²) in [5.41, 5.74) is 2.89. The highest BCUT2D eigenvalue weighted by Crippen LogP contribution is 2.43. The number of halogens is 1. The van der Waals surface area contributed by atoms with Crippen molar-refractivity contribution >= 4 is 34.1 Å². The van der Waals surface area contributed by atoms with E-state index in [1.54, 1.807) is 17.2 Å². The van der Waals surface area contributed by atoms with E-state index < -0.39 is 5.60 Å². The lowest BCUT2D eigenvalue weighted by Gasteiger charge is -2.41. The largest absolute Gasteiger partial charge is 0.482 e. The number of carbonyl (C=O) groups is 2. The van der Waals surface area contributed by atoms with E-state index in [2.05, 4.69) is 70.5 Å². The molecule has 0 unspecified atom stereocenters. The number of nitrogens with one attached hydrogen (secondary N) is 2. The number of hydrogen-bond donors (Lipinski definition) is 2. The Morgan fingerprint density at radius 3 is 2.52 bits per heavy atom. The normalized spacial score (nSPS) is 18.1. The molecule has 2 fully saturated rings. The number of piperidine rings is 1. The summed E-state index contributed by atoms with van der Waals surface area (Å²) in [5, 5.41) is 6.45. The summed E-state index contributed by atoms with van der Waals surface area (Å²) >= 11 is 1.37. The van der Waals surface area contributed by atoms with E-state index in [0.29, 0.717) is 56.4 Å². The van der Waals surface area contributed by atoms with Crippen molar-refractivity contribution in [3.63, 3.8) is 0 Å². The predicted molar refractivity (Wildman–Crippen MR) is 171 cm³/mol. The fourth-order valence-corrected chi connectivity index (χ4v) is 7.04. The molecular formula is C33H41FN6O3S. The topological polar surface area (TPSA) is 90.0 Å². The second-order valence-corrected chi connectivity index (χ2v) is 14.0. The third kappa shape index (κ3) is 6.47. The Labute approximate surface area is 262 Å². The maximum Gasteiger partial charge on any atom is 0.317 e. The molecule has 1 aromatic heterocycles. The van der Waals surface area contributed by atoms with Crippen molar-refractivity contribution in [3.05, 3.63) is 70.5 Å². The van der Waals surface area contributed by atoms with Crippen molar-refractivity contribution in [2.45, 2.75) is 57.6 Å². The lowest BCUT2D eigenvalue weighted by molar-refractivity contribution is 0.0375. The molecule has 3 aromatic rings. The third-order valence-corrected chi connectivity index (χ3v) is 9.97. The number of amides is 3. The molecular weight excluding hydrogens is 579 g/mol. The fourth-order valence-electron chi connectivity index (χ4n) is 6.16. The lowest BCUT2D eigenvalue weighted by Crippen LogP contribution is -2.48. The number of fused-ring (bicyclic) bond motifs is 1. The molecule has 0 radical (unpaired) electrons. The third-order valence-electron chi connectivity index (χ3n) is 8.91. The first kappa shape index (κ1) is 30.2. The Bertz CT molecular complexity index is 1500. The number of rotatable bonds is 7. The molecule has 234 valence electrons. The van der Waals surface area contributed by atoms with Gasteiger partial charge in [0.15, 0.2) is 16.7 Å². The van der Waals surface area contributed by atoms with Crippen LogP contribution in [0.25, 0.3) is 0 Å². The van der Waals surface area contributed by atoms with Crippen molar-refractivity contribution in [3.8, 4) is 5.75 Å². The molecule has 3 aliphatic heterocycles.